The lowest BCUT2D eigenvalue weighted by atomic mass is 10.1. The summed E-state index contributed by atoms with van der Waals surface area (Å²) in [5.74, 6) is 0.652. The number of carbonyl (C=O) groups excluding carboxylic acids is 1. The predicted octanol–water partition coefficient (Wildman–Crippen LogP) is 1.05. The van der Waals surface area contributed by atoms with Crippen molar-refractivity contribution in [3.8, 4) is 6.07 Å². The molecule has 0 spiro atoms. The van der Waals surface area contributed by atoms with E-state index in [2.05, 4.69) is 17.0 Å². The molecular formula is C12H12N4O. The summed E-state index contributed by atoms with van der Waals surface area (Å²) in [6.45, 7) is 6.04. The normalized spacial score (nSPS) is 17.6. The molecule has 0 amide bonds. The topological polar surface area (TPSA) is 68.5 Å². The Morgan fingerprint density at radius 2 is 2.53 bits per heavy atom. The van der Waals surface area contributed by atoms with Gasteiger partial charge in [0.2, 0.25) is 0 Å². The van der Waals surface area contributed by atoms with Crippen molar-refractivity contribution in [3.63, 3.8) is 0 Å². The summed E-state index contributed by atoms with van der Waals surface area (Å²) in [5, 5.41) is 10.5. The first kappa shape index (κ1) is 11.3. The molecule has 0 bridgehead atoms. The van der Waals surface area contributed by atoms with Crippen LogP contribution in [0.4, 0.5) is 0 Å². The van der Waals surface area contributed by atoms with Crippen molar-refractivity contribution in [2.75, 3.05) is 6.54 Å². The number of fused-ring (bicyclic) bond motifs is 1. The summed E-state index contributed by atoms with van der Waals surface area (Å²) >= 11 is 0. The third-order valence-electron chi connectivity index (χ3n) is 2.56. The maximum absolute atomic E-state index is 11.8. The first-order valence-electron chi connectivity index (χ1n) is 5.34. The number of hydrogen-bond acceptors (Lipinski definition) is 5. The molecule has 2 aliphatic heterocycles. The number of aliphatic imine (C=N–C) groups is 1. The largest absolute Gasteiger partial charge is 0.292 e. The van der Waals surface area contributed by atoms with Gasteiger partial charge in [-0.15, -0.1) is 0 Å². The highest BCUT2D eigenvalue weighted by atomic mass is 16.1. The number of nitrogens with one attached hydrogen (secondary N) is 1. The van der Waals surface area contributed by atoms with Gasteiger partial charge < -0.3 is 0 Å². The summed E-state index contributed by atoms with van der Waals surface area (Å²) in [4.78, 5) is 16.1. The van der Waals surface area contributed by atoms with Crippen LogP contribution in [-0.2, 0) is 4.79 Å². The van der Waals surface area contributed by atoms with Crippen LogP contribution < -0.4 is 5.43 Å². The third-order valence-corrected chi connectivity index (χ3v) is 2.56. The number of hydrogen-bond donors (Lipinski definition) is 1. The molecule has 17 heavy (non-hydrogen) atoms. The smallest absolute Gasteiger partial charge is 0.180 e. The van der Waals surface area contributed by atoms with E-state index in [0.717, 1.165) is 0 Å². The van der Waals surface area contributed by atoms with Crippen LogP contribution in [0.5, 0.6) is 0 Å². The van der Waals surface area contributed by atoms with Crippen LogP contribution in [0.2, 0.25) is 0 Å². The quantitative estimate of drug-likeness (QED) is 0.733. The Kier molecular flexibility index (Phi) is 2.90. The van der Waals surface area contributed by atoms with Crippen molar-refractivity contribution < 1.29 is 4.79 Å². The van der Waals surface area contributed by atoms with Gasteiger partial charge in [-0.05, 0) is 12.2 Å². The van der Waals surface area contributed by atoms with E-state index >= 15 is 0 Å². The van der Waals surface area contributed by atoms with Crippen molar-refractivity contribution in [1.29, 1.82) is 5.26 Å². The Morgan fingerprint density at radius 1 is 1.76 bits per heavy atom. The van der Waals surface area contributed by atoms with Gasteiger partial charge in [0.1, 0.15) is 17.6 Å². The second-order valence-corrected chi connectivity index (χ2v) is 3.65. The first-order valence-corrected chi connectivity index (χ1v) is 5.34. The monoisotopic (exact) mass is 228 g/mol. The number of nitrogens with zero attached hydrogens (tertiary/aromatic N) is 3. The maximum atomic E-state index is 11.8. The molecule has 0 atom stereocenters. The van der Waals surface area contributed by atoms with E-state index in [1.807, 2.05) is 12.1 Å². The fourth-order valence-electron chi connectivity index (χ4n) is 1.65. The molecule has 2 aliphatic rings. The fourth-order valence-corrected chi connectivity index (χ4v) is 1.65. The lowest BCUT2D eigenvalue weighted by Gasteiger charge is -2.25. The Labute approximate surface area is 99.4 Å². The lowest BCUT2D eigenvalue weighted by Crippen LogP contribution is -2.36. The van der Waals surface area contributed by atoms with Crippen molar-refractivity contribution in [2.45, 2.75) is 13.3 Å². The van der Waals surface area contributed by atoms with Gasteiger partial charge in [0.05, 0.1) is 11.3 Å². The molecule has 0 saturated carbocycles. The van der Waals surface area contributed by atoms with Crippen molar-refractivity contribution in [3.05, 3.63) is 35.8 Å². The van der Waals surface area contributed by atoms with E-state index in [9.17, 15) is 4.79 Å². The van der Waals surface area contributed by atoms with Crippen LogP contribution in [-0.4, -0.2) is 23.0 Å². The highest BCUT2D eigenvalue weighted by Crippen LogP contribution is 2.23. The van der Waals surface area contributed by atoms with E-state index < -0.39 is 0 Å². The minimum atomic E-state index is 0.00318. The Balaban J connectivity index is 2.44. The maximum Gasteiger partial charge on any atom is 0.180 e. The van der Waals surface area contributed by atoms with Gasteiger partial charge in [-0.3, -0.25) is 9.80 Å². The molecule has 5 nitrogen and oxygen atoms in total. The van der Waals surface area contributed by atoms with Crippen LogP contribution >= 0.6 is 0 Å². The summed E-state index contributed by atoms with van der Waals surface area (Å²) in [6, 6.07) is 1.94. The third kappa shape index (κ3) is 1.90. The molecule has 0 saturated heterocycles. The van der Waals surface area contributed by atoms with Crippen LogP contribution in [0, 0.1) is 11.3 Å². The molecule has 5 heteroatoms. The number of carbonyl (C=O) groups is 1. The second-order valence-electron chi connectivity index (χ2n) is 3.65. The van der Waals surface area contributed by atoms with Gasteiger partial charge in [-0.25, -0.2) is 10.4 Å². The minimum absolute atomic E-state index is 0.00318. The standard InChI is InChI=1S/C12H12N4O/c1-3-11(17)10-6-9(8(2)7-13)15-12-4-5-14-16(10)12/h4,6,14H,2-3,5H2,1H3. The molecule has 86 valence electrons. The zero-order chi connectivity index (χ0) is 12.4. The van der Waals surface area contributed by atoms with Crippen molar-refractivity contribution >= 4 is 11.5 Å². The highest BCUT2D eigenvalue weighted by Gasteiger charge is 2.27. The molecule has 0 aromatic heterocycles. The summed E-state index contributed by atoms with van der Waals surface area (Å²) in [6.07, 6.45) is 3.87. The van der Waals surface area contributed by atoms with Crippen LogP contribution in [0.25, 0.3) is 0 Å². The summed E-state index contributed by atoms with van der Waals surface area (Å²) in [7, 11) is 0. The molecule has 0 aromatic rings. The second kappa shape index (κ2) is 4.36. The van der Waals surface area contributed by atoms with Gasteiger partial charge in [-0.2, -0.15) is 5.26 Å². The van der Waals surface area contributed by atoms with E-state index in [-0.39, 0.29) is 11.4 Å². The lowest BCUT2D eigenvalue weighted by molar-refractivity contribution is -0.116. The number of hydrazine groups is 1. The molecule has 0 fully saturated rings. The van der Waals surface area contributed by atoms with Crippen LogP contribution in [0.3, 0.4) is 0 Å². The molecular weight excluding hydrogens is 216 g/mol. The molecule has 1 N–H and O–H groups in total. The number of allylic oxidation sites excluding steroid dienone is 3. The molecule has 2 rings (SSSR count). The number of Topliss-reactive ketones (excluding diaryl/α,β-unsaturated/α-hetero) is 1. The zero-order valence-electron chi connectivity index (χ0n) is 9.53. The van der Waals surface area contributed by atoms with Gasteiger partial charge in [0, 0.05) is 13.0 Å². The molecule has 0 unspecified atom stereocenters. The molecule has 0 radical (unpaired) electrons. The average molecular weight is 228 g/mol. The van der Waals surface area contributed by atoms with Gasteiger partial charge in [-0.1, -0.05) is 13.5 Å². The average Bonchev–Trinajstić information content (AvgIpc) is 2.83. The summed E-state index contributed by atoms with van der Waals surface area (Å²) < 4.78 is 0. The Bertz CT molecular complexity index is 519. The number of ketones is 1. The molecule has 0 aromatic carbocycles. The van der Waals surface area contributed by atoms with Gasteiger partial charge in [0.25, 0.3) is 0 Å². The van der Waals surface area contributed by atoms with E-state index in [1.54, 1.807) is 18.0 Å². The minimum Gasteiger partial charge on any atom is -0.292 e. The van der Waals surface area contributed by atoms with Crippen molar-refractivity contribution in [1.82, 2.24) is 10.4 Å². The van der Waals surface area contributed by atoms with Gasteiger partial charge in [0.15, 0.2) is 5.78 Å². The Morgan fingerprint density at radius 3 is 3.18 bits per heavy atom. The molecule has 2 heterocycles. The highest BCUT2D eigenvalue weighted by molar-refractivity contribution is 6.15. The number of nitriles is 1. The number of rotatable bonds is 3. The van der Waals surface area contributed by atoms with Gasteiger partial charge >= 0.3 is 0 Å². The first-order chi connectivity index (χ1) is 8.17. The predicted molar refractivity (Wildman–Crippen MR) is 63.5 cm³/mol. The van der Waals surface area contributed by atoms with E-state index in [0.29, 0.717) is 30.2 Å². The van der Waals surface area contributed by atoms with Crippen LogP contribution in [0.1, 0.15) is 13.3 Å². The fraction of sp³-hybridized carbons (Fsp3) is 0.250. The van der Waals surface area contributed by atoms with Crippen LogP contribution in [0.15, 0.2) is 40.8 Å². The van der Waals surface area contributed by atoms with Crippen molar-refractivity contribution in [2.24, 2.45) is 4.99 Å². The SMILES string of the molecule is C=C(C#N)C1=NC2=CCNN2C(C(=O)CC)=C1. The van der Waals surface area contributed by atoms with E-state index in [4.69, 9.17) is 5.26 Å². The summed E-state index contributed by atoms with van der Waals surface area (Å²) in [5.41, 5.74) is 4.26. The molecule has 0 aliphatic carbocycles. The zero-order valence-corrected chi connectivity index (χ0v) is 9.53. The van der Waals surface area contributed by atoms with E-state index in [1.165, 1.54) is 0 Å². The Hall–Kier alpha value is -2.19.